The zero-order chi connectivity index (χ0) is 25.3. The molecule has 2 aliphatic rings. The third-order valence-corrected chi connectivity index (χ3v) is 5.91. The first-order chi connectivity index (χ1) is 16.7. The number of anilines is 1. The monoisotopic (exact) mass is 485 g/mol. The van der Waals surface area contributed by atoms with Crippen LogP contribution in [0.4, 0.5) is 19.7 Å². The lowest BCUT2D eigenvalue weighted by Gasteiger charge is -2.33. The molecule has 0 saturated heterocycles. The van der Waals surface area contributed by atoms with E-state index >= 15 is 0 Å². The Hall–Kier alpha value is -4.18. The summed E-state index contributed by atoms with van der Waals surface area (Å²) < 4.78 is 19.7. The fourth-order valence-electron chi connectivity index (χ4n) is 4.14. The summed E-state index contributed by atoms with van der Waals surface area (Å²) in [5, 5.41) is 20.0. The quantitative estimate of drug-likeness (QED) is 0.673. The Bertz CT molecular complexity index is 1220. The van der Waals surface area contributed by atoms with Crippen LogP contribution in [0, 0.1) is 17.1 Å². The highest BCUT2D eigenvalue weighted by Crippen LogP contribution is 2.29. The Morgan fingerprint density at radius 1 is 1.40 bits per heavy atom. The summed E-state index contributed by atoms with van der Waals surface area (Å²) >= 11 is 0. The first-order valence-corrected chi connectivity index (χ1v) is 10.8. The predicted octanol–water partition coefficient (Wildman–Crippen LogP) is 1.61. The summed E-state index contributed by atoms with van der Waals surface area (Å²) in [4.78, 5) is 44.8. The molecule has 4 amide bonds. The molecule has 2 N–H and O–H groups in total. The molecule has 0 aliphatic carbocycles. The van der Waals surface area contributed by atoms with Gasteiger partial charge in [-0.15, -0.1) is 0 Å². The summed E-state index contributed by atoms with van der Waals surface area (Å²) in [5.41, 5.74) is 1.72. The number of nitriles is 1. The van der Waals surface area contributed by atoms with Gasteiger partial charge in [0.1, 0.15) is 23.7 Å². The molecule has 0 radical (unpaired) electrons. The molecule has 4 rings (SSSR count). The van der Waals surface area contributed by atoms with Gasteiger partial charge in [0.15, 0.2) is 0 Å². The smallest absolute Gasteiger partial charge is 0.406 e. The molecule has 1 aromatic carbocycles. The number of hydrogen-bond donors (Lipinski definition) is 2. The average Bonchev–Trinajstić information content (AvgIpc) is 3.12. The highest BCUT2D eigenvalue weighted by molar-refractivity contribution is 5.94. The van der Waals surface area contributed by atoms with Crippen molar-refractivity contribution in [2.24, 2.45) is 0 Å². The largest absolute Gasteiger partial charge is 0.453 e. The van der Waals surface area contributed by atoms with Gasteiger partial charge in [-0.1, -0.05) is 0 Å². The third-order valence-electron chi connectivity index (χ3n) is 5.91. The van der Waals surface area contributed by atoms with Crippen LogP contribution in [0.2, 0.25) is 0 Å². The molecule has 2 aromatic rings. The molecule has 0 unspecified atom stereocenters. The van der Waals surface area contributed by atoms with Gasteiger partial charge in [-0.2, -0.15) is 10.4 Å². The van der Waals surface area contributed by atoms with Crippen molar-refractivity contribution >= 4 is 23.7 Å². The first kappa shape index (κ1) is 24.0. The second kappa shape index (κ2) is 9.59. The molecule has 0 fully saturated rings. The maximum absolute atomic E-state index is 13.6. The standard InChI is InChI=1S/C22H24FN7O5/c1-12-6-18-16(11-29(12)21(32)26-14-4-5-17(23)13(7-14)8-24)19-20(31)28(2)35-15(10-30(19)27-18)9-25-22(33)34-3/h4-5,7,12,15H,6,9-11H2,1-3H3,(H,25,33)(H,26,32)/t12-,15+/m1/s1. The first-order valence-electron chi connectivity index (χ1n) is 10.8. The maximum Gasteiger partial charge on any atom is 0.406 e. The molecule has 3 heterocycles. The second-order valence-electron chi connectivity index (χ2n) is 8.28. The molecule has 0 spiro atoms. The fourth-order valence-corrected chi connectivity index (χ4v) is 4.14. The SMILES string of the molecule is COC(=O)NC[C@H]1Cn2nc3c(c2C(=O)N(C)O1)CN(C(=O)Nc1ccc(F)c(C#N)c1)[C@H](C)C3. The van der Waals surface area contributed by atoms with Crippen molar-refractivity contribution in [3.05, 3.63) is 46.5 Å². The zero-order valence-electron chi connectivity index (χ0n) is 19.4. The fraction of sp³-hybridized carbons (Fsp3) is 0.409. The van der Waals surface area contributed by atoms with E-state index in [1.54, 1.807) is 15.7 Å². The van der Waals surface area contributed by atoms with Crippen LogP contribution in [0.1, 0.15) is 34.2 Å². The number of hydroxylamine groups is 2. The summed E-state index contributed by atoms with van der Waals surface area (Å²) in [5.74, 6) is -1.10. The van der Waals surface area contributed by atoms with Crippen molar-refractivity contribution in [3.8, 4) is 6.07 Å². The maximum atomic E-state index is 13.6. The molecule has 35 heavy (non-hydrogen) atoms. The Balaban J connectivity index is 1.56. The number of methoxy groups -OCH3 is 1. The van der Waals surface area contributed by atoms with Crippen molar-refractivity contribution in [2.75, 3.05) is 26.0 Å². The van der Waals surface area contributed by atoms with E-state index in [1.807, 2.05) is 6.92 Å². The van der Waals surface area contributed by atoms with Crippen LogP contribution in [-0.2, 0) is 29.1 Å². The van der Waals surface area contributed by atoms with E-state index in [1.165, 1.54) is 26.3 Å². The van der Waals surface area contributed by atoms with Gasteiger partial charge in [0, 0.05) is 30.8 Å². The van der Waals surface area contributed by atoms with E-state index in [-0.39, 0.29) is 36.9 Å². The number of fused-ring (bicyclic) bond motifs is 3. The van der Waals surface area contributed by atoms with E-state index in [0.29, 0.717) is 23.4 Å². The number of ether oxygens (including phenoxy) is 1. The zero-order valence-corrected chi connectivity index (χ0v) is 19.4. The van der Waals surface area contributed by atoms with E-state index < -0.39 is 30.0 Å². The van der Waals surface area contributed by atoms with Crippen molar-refractivity contribution < 1.29 is 28.3 Å². The van der Waals surface area contributed by atoms with Gasteiger partial charge in [-0.25, -0.2) is 19.0 Å². The number of carbonyl (C=O) groups is 3. The lowest BCUT2D eigenvalue weighted by molar-refractivity contribution is -0.146. The lowest BCUT2D eigenvalue weighted by Crippen LogP contribution is -2.45. The van der Waals surface area contributed by atoms with Crippen molar-refractivity contribution in [1.82, 2.24) is 25.1 Å². The van der Waals surface area contributed by atoms with Crippen molar-refractivity contribution in [3.63, 3.8) is 0 Å². The van der Waals surface area contributed by atoms with Gasteiger partial charge in [0.2, 0.25) is 0 Å². The summed E-state index contributed by atoms with van der Waals surface area (Å²) in [6.45, 7) is 2.28. The Kier molecular flexibility index (Phi) is 6.57. The van der Waals surface area contributed by atoms with Crippen LogP contribution >= 0.6 is 0 Å². The topological polar surface area (TPSA) is 142 Å². The number of urea groups is 1. The number of hydrogen-bond acceptors (Lipinski definition) is 7. The molecular weight excluding hydrogens is 461 g/mol. The molecule has 13 heteroatoms. The van der Waals surface area contributed by atoms with Gasteiger partial charge in [-0.05, 0) is 25.1 Å². The number of halogens is 1. The minimum absolute atomic E-state index is 0.0988. The number of rotatable bonds is 3. The minimum atomic E-state index is -0.672. The number of carbonyl (C=O) groups excluding carboxylic acids is 3. The van der Waals surface area contributed by atoms with Gasteiger partial charge >= 0.3 is 12.1 Å². The van der Waals surface area contributed by atoms with E-state index in [9.17, 15) is 18.8 Å². The van der Waals surface area contributed by atoms with Crippen LogP contribution in [0.15, 0.2) is 18.2 Å². The highest BCUT2D eigenvalue weighted by atomic mass is 19.1. The molecular formula is C22H24FN7O5. The molecule has 184 valence electrons. The molecule has 1 aromatic heterocycles. The van der Waals surface area contributed by atoms with Crippen LogP contribution in [0.5, 0.6) is 0 Å². The predicted molar refractivity (Wildman–Crippen MR) is 118 cm³/mol. The molecule has 0 bridgehead atoms. The second-order valence-corrected chi connectivity index (χ2v) is 8.28. The number of nitrogens with zero attached hydrogens (tertiary/aromatic N) is 5. The number of benzene rings is 1. The highest BCUT2D eigenvalue weighted by Gasteiger charge is 2.37. The van der Waals surface area contributed by atoms with Crippen LogP contribution < -0.4 is 10.6 Å². The normalized spacial score (nSPS) is 19.2. The molecule has 0 saturated carbocycles. The van der Waals surface area contributed by atoms with Crippen molar-refractivity contribution in [1.29, 1.82) is 5.26 Å². The van der Waals surface area contributed by atoms with Crippen LogP contribution in [0.25, 0.3) is 0 Å². The van der Waals surface area contributed by atoms with E-state index in [0.717, 1.165) is 11.1 Å². The summed E-state index contributed by atoms with van der Waals surface area (Å²) in [7, 11) is 2.72. The molecule has 2 aliphatic heterocycles. The van der Waals surface area contributed by atoms with Gasteiger partial charge < -0.3 is 20.3 Å². The average molecular weight is 485 g/mol. The molecule has 12 nitrogen and oxygen atoms in total. The number of alkyl carbamates (subject to hydrolysis) is 1. The molecule has 2 atom stereocenters. The number of amides is 4. The van der Waals surface area contributed by atoms with E-state index in [2.05, 4.69) is 20.5 Å². The third kappa shape index (κ3) is 4.73. The minimum Gasteiger partial charge on any atom is -0.453 e. The number of aromatic nitrogens is 2. The van der Waals surface area contributed by atoms with Gasteiger partial charge in [0.05, 0.1) is 38.0 Å². The van der Waals surface area contributed by atoms with Gasteiger partial charge in [-0.3, -0.25) is 14.3 Å². The Morgan fingerprint density at radius 2 is 2.17 bits per heavy atom. The van der Waals surface area contributed by atoms with E-state index in [4.69, 9.17) is 10.1 Å². The summed E-state index contributed by atoms with van der Waals surface area (Å²) in [6.07, 6.45) is -0.779. The number of nitrogens with one attached hydrogen (secondary N) is 2. The lowest BCUT2D eigenvalue weighted by atomic mass is 9.99. The summed E-state index contributed by atoms with van der Waals surface area (Å²) in [6, 6.07) is 4.80. The van der Waals surface area contributed by atoms with Crippen LogP contribution in [0.3, 0.4) is 0 Å². The van der Waals surface area contributed by atoms with Crippen molar-refractivity contribution in [2.45, 2.75) is 38.6 Å². The Labute approximate surface area is 200 Å². The van der Waals surface area contributed by atoms with Crippen LogP contribution in [-0.4, -0.2) is 70.6 Å². The Morgan fingerprint density at radius 3 is 2.89 bits per heavy atom. The van der Waals surface area contributed by atoms with Gasteiger partial charge in [0.25, 0.3) is 5.91 Å².